The number of fused-ring (bicyclic) bond motifs is 1. The van der Waals surface area contributed by atoms with Gasteiger partial charge in [-0.1, -0.05) is 0 Å². The van der Waals surface area contributed by atoms with E-state index < -0.39 is 0 Å². The lowest BCUT2D eigenvalue weighted by Crippen LogP contribution is -2.68. The third-order valence-electron chi connectivity index (χ3n) is 4.85. The first kappa shape index (κ1) is 12.7. The van der Waals surface area contributed by atoms with Crippen LogP contribution in [0, 0.1) is 5.41 Å². The van der Waals surface area contributed by atoms with Crippen molar-refractivity contribution in [2.45, 2.75) is 38.1 Å². The Balaban J connectivity index is 1.44. The van der Waals surface area contributed by atoms with E-state index in [0.29, 0.717) is 0 Å². The SMILES string of the molecule is O=C(Nc1nc2c(s1)CCC2)C1NCC12CCOCC2. The average molecular weight is 293 g/mol. The molecule has 5 nitrogen and oxygen atoms in total. The number of hydrogen-bond donors (Lipinski definition) is 2. The van der Waals surface area contributed by atoms with Crippen molar-refractivity contribution in [1.29, 1.82) is 0 Å². The van der Waals surface area contributed by atoms with Gasteiger partial charge in [0.05, 0.1) is 11.7 Å². The number of amides is 1. The Morgan fingerprint density at radius 1 is 1.40 bits per heavy atom. The van der Waals surface area contributed by atoms with Crippen LogP contribution in [-0.4, -0.2) is 36.7 Å². The summed E-state index contributed by atoms with van der Waals surface area (Å²) in [6, 6.07) is -0.0786. The number of hydrogen-bond acceptors (Lipinski definition) is 5. The number of ether oxygens (including phenoxy) is 1. The molecule has 2 aliphatic heterocycles. The van der Waals surface area contributed by atoms with Gasteiger partial charge in [-0.2, -0.15) is 0 Å². The largest absolute Gasteiger partial charge is 0.381 e. The Bertz CT molecular complexity index is 515. The van der Waals surface area contributed by atoms with Gasteiger partial charge in [-0.15, -0.1) is 11.3 Å². The molecule has 1 aromatic rings. The number of aromatic nitrogens is 1. The molecule has 1 atom stereocenters. The fourth-order valence-electron chi connectivity index (χ4n) is 3.53. The Labute approximate surface area is 122 Å². The number of anilines is 1. The van der Waals surface area contributed by atoms with Crippen LogP contribution in [0.3, 0.4) is 0 Å². The van der Waals surface area contributed by atoms with E-state index in [9.17, 15) is 4.79 Å². The van der Waals surface area contributed by atoms with Crippen LogP contribution in [0.5, 0.6) is 0 Å². The molecule has 2 N–H and O–H groups in total. The molecule has 3 heterocycles. The molecule has 108 valence electrons. The first-order valence-electron chi connectivity index (χ1n) is 7.37. The van der Waals surface area contributed by atoms with E-state index in [4.69, 9.17) is 4.74 Å². The van der Waals surface area contributed by atoms with Crippen LogP contribution >= 0.6 is 11.3 Å². The van der Waals surface area contributed by atoms with Crippen LogP contribution in [0.1, 0.15) is 29.8 Å². The van der Waals surface area contributed by atoms with Gasteiger partial charge in [0, 0.05) is 30.1 Å². The molecular weight excluding hydrogens is 274 g/mol. The molecule has 6 heteroatoms. The van der Waals surface area contributed by atoms with Crippen molar-refractivity contribution in [3.8, 4) is 0 Å². The minimum absolute atomic E-state index is 0.0746. The number of nitrogens with one attached hydrogen (secondary N) is 2. The maximum Gasteiger partial charge on any atom is 0.243 e. The molecule has 3 aliphatic rings. The fraction of sp³-hybridized carbons (Fsp3) is 0.714. The van der Waals surface area contributed by atoms with Gasteiger partial charge in [0.1, 0.15) is 0 Å². The molecule has 2 saturated heterocycles. The molecule has 1 aromatic heterocycles. The van der Waals surface area contributed by atoms with Crippen molar-refractivity contribution in [2.24, 2.45) is 5.41 Å². The van der Waals surface area contributed by atoms with Crippen LogP contribution in [-0.2, 0) is 22.4 Å². The first-order chi connectivity index (χ1) is 9.77. The van der Waals surface area contributed by atoms with Crippen molar-refractivity contribution in [3.05, 3.63) is 10.6 Å². The molecule has 1 spiro atoms. The minimum atomic E-state index is -0.0786. The number of aryl methyl sites for hydroxylation is 2. The van der Waals surface area contributed by atoms with E-state index in [-0.39, 0.29) is 17.4 Å². The maximum atomic E-state index is 12.4. The first-order valence-corrected chi connectivity index (χ1v) is 8.19. The van der Waals surface area contributed by atoms with Gasteiger partial charge in [-0.25, -0.2) is 4.98 Å². The number of nitrogens with zero attached hydrogens (tertiary/aromatic N) is 1. The van der Waals surface area contributed by atoms with Crippen molar-refractivity contribution < 1.29 is 9.53 Å². The zero-order valence-corrected chi connectivity index (χ0v) is 12.2. The molecule has 0 bridgehead atoms. The van der Waals surface area contributed by atoms with E-state index in [0.717, 1.165) is 50.6 Å². The Hall–Kier alpha value is -0.980. The molecule has 4 rings (SSSR count). The summed E-state index contributed by atoms with van der Waals surface area (Å²) in [6.45, 7) is 2.48. The molecule has 20 heavy (non-hydrogen) atoms. The second-order valence-electron chi connectivity index (χ2n) is 6.02. The quantitative estimate of drug-likeness (QED) is 0.864. The monoisotopic (exact) mass is 293 g/mol. The predicted octanol–water partition coefficient (Wildman–Crippen LogP) is 1.34. The molecule has 1 amide bonds. The van der Waals surface area contributed by atoms with Crippen LogP contribution in [0.2, 0.25) is 0 Å². The molecule has 0 saturated carbocycles. The summed E-state index contributed by atoms with van der Waals surface area (Å²) in [4.78, 5) is 18.3. The smallest absolute Gasteiger partial charge is 0.243 e. The highest BCUT2D eigenvalue weighted by atomic mass is 32.1. The molecular formula is C14H19N3O2S. The van der Waals surface area contributed by atoms with Crippen molar-refractivity contribution in [2.75, 3.05) is 25.1 Å². The Kier molecular flexibility index (Phi) is 3.05. The Morgan fingerprint density at radius 3 is 2.95 bits per heavy atom. The summed E-state index contributed by atoms with van der Waals surface area (Å²) < 4.78 is 5.42. The Morgan fingerprint density at radius 2 is 2.25 bits per heavy atom. The van der Waals surface area contributed by atoms with Gasteiger partial charge in [0.25, 0.3) is 0 Å². The van der Waals surface area contributed by atoms with E-state index in [2.05, 4.69) is 15.6 Å². The van der Waals surface area contributed by atoms with Crippen molar-refractivity contribution in [3.63, 3.8) is 0 Å². The number of carbonyl (C=O) groups excluding carboxylic acids is 1. The minimum Gasteiger partial charge on any atom is -0.381 e. The predicted molar refractivity (Wildman–Crippen MR) is 77.0 cm³/mol. The topological polar surface area (TPSA) is 63.2 Å². The summed E-state index contributed by atoms with van der Waals surface area (Å²) in [7, 11) is 0. The summed E-state index contributed by atoms with van der Waals surface area (Å²) in [5.74, 6) is 0.0746. The summed E-state index contributed by atoms with van der Waals surface area (Å²) in [6.07, 6.45) is 5.34. The van der Waals surface area contributed by atoms with Gasteiger partial charge in [0.2, 0.25) is 5.91 Å². The van der Waals surface area contributed by atoms with Crippen LogP contribution in [0.15, 0.2) is 0 Å². The summed E-state index contributed by atoms with van der Waals surface area (Å²) in [5, 5.41) is 7.07. The maximum absolute atomic E-state index is 12.4. The van der Waals surface area contributed by atoms with Crippen LogP contribution < -0.4 is 10.6 Å². The van der Waals surface area contributed by atoms with Gasteiger partial charge in [-0.05, 0) is 32.1 Å². The molecule has 1 aliphatic carbocycles. The van der Waals surface area contributed by atoms with Crippen molar-refractivity contribution in [1.82, 2.24) is 10.3 Å². The highest BCUT2D eigenvalue weighted by Gasteiger charge is 2.51. The van der Waals surface area contributed by atoms with Crippen LogP contribution in [0.25, 0.3) is 0 Å². The molecule has 1 unspecified atom stereocenters. The van der Waals surface area contributed by atoms with Gasteiger partial charge in [0.15, 0.2) is 5.13 Å². The van der Waals surface area contributed by atoms with Gasteiger partial charge >= 0.3 is 0 Å². The second-order valence-corrected chi connectivity index (χ2v) is 7.10. The zero-order valence-electron chi connectivity index (χ0n) is 11.4. The van der Waals surface area contributed by atoms with E-state index in [1.807, 2.05) is 0 Å². The third-order valence-corrected chi connectivity index (χ3v) is 5.92. The number of thiazole rings is 1. The van der Waals surface area contributed by atoms with Gasteiger partial charge < -0.3 is 15.4 Å². The van der Waals surface area contributed by atoms with Gasteiger partial charge in [-0.3, -0.25) is 4.79 Å². The average Bonchev–Trinajstić information content (AvgIpc) is 2.99. The number of carbonyl (C=O) groups is 1. The zero-order chi connectivity index (χ0) is 13.6. The highest BCUT2D eigenvalue weighted by Crippen LogP contribution is 2.40. The summed E-state index contributed by atoms with van der Waals surface area (Å²) >= 11 is 1.64. The van der Waals surface area contributed by atoms with E-state index >= 15 is 0 Å². The highest BCUT2D eigenvalue weighted by molar-refractivity contribution is 7.15. The lowest BCUT2D eigenvalue weighted by atomic mass is 9.67. The van der Waals surface area contributed by atoms with E-state index in [1.165, 1.54) is 17.0 Å². The fourth-order valence-corrected chi connectivity index (χ4v) is 4.58. The molecule has 0 radical (unpaired) electrons. The normalized spacial score (nSPS) is 27.1. The lowest BCUT2D eigenvalue weighted by Gasteiger charge is -2.51. The second kappa shape index (κ2) is 4.79. The van der Waals surface area contributed by atoms with E-state index in [1.54, 1.807) is 11.3 Å². The molecule has 2 fully saturated rings. The number of rotatable bonds is 2. The lowest BCUT2D eigenvalue weighted by molar-refractivity contribution is -0.130. The van der Waals surface area contributed by atoms with Crippen LogP contribution in [0.4, 0.5) is 5.13 Å². The molecule has 0 aromatic carbocycles. The third kappa shape index (κ3) is 1.98. The summed E-state index contributed by atoms with van der Waals surface area (Å²) in [5.41, 5.74) is 1.30. The van der Waals surface area contributed by atoms with Crippen molar-refractivity contribution >= 4 is 22.4 Å². The standard InChI is InChI=1S/C14H19N3O2S/c18-12(11-14(8-15-11)4-6-19-7-5-14)17-13-16-9-2-1-3-10(9)20-13/h11,15H,1-8H2,(H,16,17,18).